The van der Waals surface area contributed by atoms with E-state index in [-0.39, 0.29) is 5.84 Å². The Morgan fingerprint density at radius 1 is 1.26 bits per heavy atom. The first-order chi connectivity index (χ1) is 9.16. The third-order valence-corrected chi connectivity index (χ3v) is 2.44. The summed E-state index contributed by atoms with van der Waals surface area (Å²) in [4.78, 5) is 20.2. The molecule has 2 aromatic rings. The van der Waals surface area contributed by atoms with E-state index < -0.39 is 5.97 Å². The van der Waals surface area contributed by atoms with E-state index in [1.165, 1.54) is 6.20 Å². The molecule has 2 rings (SSSR count). The molecule has 1 aromatic heterocycles. The summed E-state index contributed by atoms with van der Waals surface area (Å²) in [6.45, 7) is 1.94. The van der Waals surface area contributed by atoms with Crippen molar-refractivity contribution < 1.29 is 9.63 Å². The van der Waals surface area contributed by atoms with Gasteiger partial charge in [0.05, 0.1) is 5.56 Å². The normalized spacial score (nSPS) is 11.1. The second-order valence-corrected chi connectivity index (χ2v) is 3.97. The Kier molecular flexibility index (Phi) is 3.87. The molecule has 0 saturated heterocycles. The van der Waals surface area contributed by atoms with E-state index in [2.05, 4.69) is 10.1 Å². The zero-order valence-corrected chi connectivity index (χ0v) is 10.4. The van der Waals surface area contributed by atoms with Crippen LogP contribution in [-0.4, -0.2) is 16.8 Å². The molecule has 0 atom stereocenters. The van der Waals surface area contributed by atoms with Gasteiger partial charge >= 0.3 is 5.97 Å². The van der Waals surface area contributed by atoms with Gasteiger partial charge in [-0.2, -0.15) is 0 Å². The maximum absolute atomic E-state index is 11.6. The van der Waals surface area contributed by atoms with Crippen LogP contribution in [0.1, 0.15) is 21.5 Å². The molecule has 0 fully saturated rings. The summed E-state index contributed by atoms with van der Waals surface area (Å²) in [5.41, 5.74) is 7.83. The predicted octanol–water partition coefficient (Wildman–Crippen LogP) is 1.87. The van der Waals surface area contributed by atoms with Crippen molar-refractivity contribution in [2.45, 2.75) is 6.92 Å². The Hall–Kier alpha value is -2.69. The molecule has 5 nitrogen and oxygen atoms in total. The number of rotatable bonds is 3. The minimum atomic E-state index is -0.594. The highest BCUT2D eigenvalue weighted by Crippen LogP contribution is 2.04. The lowest BCUT2D eigenvalue weighted by Gasteiger charge is -2.02. The topological polar surface area (TPSA) is 77.6 Å². The third-order valence-electron chi connectivity index (χ3n) is 2.44. The maximum atomic E-state index is 11.6. The summed E-state index contributed by atoms with van der Waals surface area (Å²) in [6.07, 6.45) is 2.97. The quantitative estimate of drug-likeness (QED) is 0.393. The van der Waals surface area contributed by atoms with Crippen molar-refractivity contribution in [2.75, 3.05) is 0 Å². The molecular weight excluding hydrogens is 242 g/mol. The summed E-state index contributed by atoms with van der Waals surface area (Å²) < 4.78 is 0. The molecule has 1 heterocycles. The number of pyridine rings is 1. The van der Waals surface area contributed by atoms with E-state index in [4.69, 9.17) is 10.6 Å². The fourth-order valence-corrected chi connectivity index (χ4v) is 1.48. The van der Waals surface area contributed by atoms with E-state index in [0.29, 0.717) is 11.1 Å². The minimum absolute atomic E-state index is 0.154. The molecule has 0 aliphatic carbocycles. The fraction of sp³-hybridized carbons (Fsp3) is 0.0714. The van der Waals surface area contributed by atoms with Gasteiger partial charge in [0.15, 0.2) is 5.84 Å². The first-order valence-electron chi connectivity index (χ1n) is 5.68. The van der Waals surface area contributed by atoms with Crippen LogP contribution in [0, 0.1) is 6.92 Å². The lowest BCUT2D eigenvalue weighted by atomic mass is 10.1. The summed E-state index contributed by atoms with van der Waals surface area (Å²) in [6, 6.07) is 10.7. The number of amidine groups is 1. The number of aryl methyl sites for hydroxylation is 1. The monoisotopic (exact) mass is 255 g/mol. The summed E-state index contributed by atoms with van der Waals surface area (Å²) in [5.74, 6) is -0.440. The molecule has 0 aliphatic heterocycles. The molecule has 96 valence electrons. The van der Waals surface area contributed by atoms with E-state index >= 15 is 0 Å². The fourth-order valence-electron chi connectivity index (χ4n) is 1.48. The molecule has 0 saturated carbocycles. The van der Waals surface area contributed by atoms with E-state index in [1.807, 2.05) is 25.1 Å². The number of hydrogen-bond acceptors (Lipinski definition) is 4. The van der Waals surface area contributed by atoms with Gasteiger partial charge in [-0.05, 0) is 25.1 Å². The lowest BCUT2D eigenvalue weighted by molar-refractivity contribution is 0.0515. The molecule has 0 radical (unpaired) electrons. The highest BCUT2D eigenvalue weighted by Gasteiger charge is 2.07. The van der Waals surface area contributed by atoms with Gasteiger partial charge in [-0.15, -0.1) is 0 Å². The van der Waals surface area contributed by atoms with Crippen LogP contribution in [0.4, 0.5) is 0 Å². The molecular formula is C14H13N3O2. The zero-order chi connectivity index (χ0) is 13.7. The molecule has 1 aromatic carbocycles. The number of benzene rings is 1. The van der Waals surface area contributed by atoms with Crippen LogP contribution in [0.5, 0.6) is 0 Å². The van der Waals surface area contributed by atoms with Gasteiger partial charge in [-0.3, -0.25) is 4.98 Å². The summed E-state index contributed by atoms with van der Waals surface area (Å²) in [5, 5.41) is 3.63. The molecule has 0 unspecified atom stereocenters. The second-order valence-electron chi connectivity index (χ2n) is 3.97. The predicted molar refractivity (Wildman–Crippen MR) is 71.6 cm³/mol. The second kappa shape index (κ2) is 5.77. The average Bonchev–Trinajstić information content (AvgIpc) is 2.45. The van der Waals surface area contributed by atoms with E-state index in [1.54, 1.807) is 24.4 Å². The smallest absolute Gasteiger partial charge is 0.367 e. The van der Waals surface area contributed by atoms with Crippen molar-refractivity contribution in [3.8, 4) is 0 Å². The van der Waals surface area contributed by atoms with Crippen molar-refractivity contribution in [3.63, 3.8) is 0 Å². The van der Waals surface area contributed by atoms with Crippen LogP contribution in [0.2, 0.25) is 0 Å². The zero-order valence-electron chi connectivity index (χ0n) is 10.4. The highest BCUT2D eigenvalue weighted by atomic mass is 16.7. The Labute approximate surface area is 110 Å². The van der Waals surface area contributed by atoms with Gasteiger partial charge in [0, 0.05) is 18.0 Å². The SMILES string of the molecule is Cc1cccc(/C(N)=N/OC(=O)c2cccnc2)c1. The van der Waals surface area contributed by atoms with Gasteiger partial charge < -0.3 is 10.6 Å². The Balaban J connectivity index is 2.09. The minimum Gasteiger partial charge on any atom is -0.380 e. The Bertz CT molecular complexity index is 609. The average molecular weight is 255 g/mol. The van der Waals surface area contributed by atoms with Crippen LogP contribution >= 0.6 is 0 Å². The molecule has 0 spiro atoms. The number of carbonyl (C=O) groups is 1. The van der Waals surface area contributed by atoms with Crippen molar-refractivity contribution >= 4 is 11.8 Å². The van der Waals surface area contributed by atoms with E-state index in [0.717, 1.165) is 5.56 Å². The molecule has 5 heteroatoms. The Morgan fingerprint density at radius 3 is 2.74 bits per heavy atom. The first-order valence-corrected chi connectivity index (χ1v) is 5.68. The van der Waals surface area contributed by atoms with Gasteiger partial charge in [-0.1, -0.05) is 28.9 Å². The van der Waals surface area contributed by atoms with Crippen molar-refractivity contribution in [1.82, 2.24) is 4.98 Å². The van der Waals surface area contributed by atoms with Gasteiger partial charge in [-0.25, -0.2) is 4.79 Å². The molecule has 0 amide bonds. The third kappa shape index (κ3) is 3.38. The van der Waals surface area contributed by atoms with Crippen molar-refractivity contribution in [3.05, 3.63) is 65.5 Å². The van der Waals surface area contributed by atoms with Crippen LogP contribution in [0.15, 0.2) is 53.9 Å². The number of oxime groups is 1. The van der Waals surface area contributed by atoms with Crippen LogP contribution < -0.4 is 5.73 Å². The van der Waals surface area contributed by atoms with Crippen LogP contribution in [-0.2, 0) is 4.84 Å². The molecule has 0 bridgehead atoms. The summed E-state index contributed by atoms with van der Waals surface area (Å²) >= 11 is 0. The van der Waals surface area contributed by atoms with E-state index in [9.17, 15) is 4.79 Å². The van der Waals surface area contributed by atoms with Crippen molar-refractivity contribution in [2.24, 2.45) is 10.9 Å². The van der Waals surface area contributed by atoms with Gasteiger partial charge in [0.25, 0.3) is 0 Å². The standard InChI is InChI=1S/C14H13N3O2/c1-10-4-2-5-11(8-10)13(15)17-19-14(18)12-6-3-7-16-9-12/h2-9H,1H3,(H2,15,17). The molecule has 2 N–H and O–H groups in total. The maximum Gasteiger partial charge on any atom is 0.367 e. The van der Waals surface area contributed by atoms with Crippen LogP contribution in [0.25, 0.3) is 0 Å². The number of hydrogen-bond donors (Lipinski definition) is 1. The first kappa shape index (κ1) is 12.8. The molecule has 0 aliphatic rings. The van der Waals surface area contributed by atoms with Crippen molar-refractivity contribution in [1.29, 1.82) is 0 Å². The Morgan fingerprint density at radius 2 is 2.05 bits per heavy atom. The van der Waals surface area contributed by atoms with Gasteiger partial charge in [0.1, 0.15) is 0 Å². The highest BCUT2D eigenvalue weighted by molar-refractivity contribution is 5.98. The number of nitrogens with two attached hydrogens (primary N) is 1. The number of nitrogens with zero attached hydrogens (tertiary/aromatic N) is 2. The summed E-state index contributed by atoms with van der Waals surface area (Å²) in [7, 11) is 0. The molecule has 19 heavy (non-hydrogen) atoms. The van der Waals surface area contributed by atoms with Crippen LogP contribution in [0.3, 0.4) is 0 Å². The number of aromatic nitrogens is 1. The number of carbonyl (C=O) groups excluding carboxylic acids is 1. The largest absolute Gasteiger partial charge is 0.380 e. The van der Waals surface area contributed by atoms with Gasteiger partial charge in [0.2, 0.25) is 0 Å². The lowest BCUT2D eigenvalue weighted by Crippen LogP contribution is -2.15.